The molecule has 7 aromatic rings. The summed E-state index contributed by atoms with van der Waals surface area (Å²) in [6, 6.07) is 39.0. The molecule has 0 saturated carbocycles. The van der Waals surface area contributed by atoms with Crippen molar-refractivity contribution in [3.05, 3.63) is 143 Å². The van der Waals surface area contributed by atoms with E-state index in [0.29, 0.717) is 0 Å². The molecule has 1 aliphatic heterocycles. The Morgan fingerprint density at radius 1 is 0.489 bits per heavy atom. The van der Waals surface area contributed by atoms with Gasteiger partial charge in [-0.2, -0.15) is 0 Å². The number of hydrogen-bond acceptors (Lipinski definition) is 2. The van der Waals surface area contributed by atoms with Crippen LogP contribution < -0.4 is 4.74 Å². The molecule has 0 unspecified atom stereocenters. The Balaban J connectivity index is 1.32. The van der Waals surface area contributed by atoms with E-state index in [-0.39, 0.29) is 5.41 Å². The van der Waals surface area contributed by atoms with E-state index in [4.69, 9.17) is 9.15 Å². The number of ether oxygens (including phenoxy) is 1. The van der Waals surface area contributed by atoms with Crippen molar-refractivity contribution in [3.8, 4) is 44.9 Å². The number of rotatable bonds is 3. The van der Waals surface area contributed by atoms with E-state index in [2.05, 4.69) is 145 Å². The number of benzene rings is 6. The van der Waals surface area contributed by atoms with Crippen LogP contribution in [-0.2, 0) is 5.41 Å². The Labute approximate surface area is 264 Å². The van der Waals surface area contributed by atoms with Gasteiger partial charge in [0, 0.05) is 38.4 Å². The molecule has 8 rings (SSSR count). The Bertz CT molecular complexity index is 2310. The number of para-hydroxylation sites is 4. The Hall–Kier alpha value is -5.08. The molecule has 2 nitrogen and oxygen atoms in total. The zero-order chi connectivity index (χ0) is 31.0. The summed E-state index contributed by atoms with van der Waals surface area (Å²) in [4.78, 5) is 0. The van der Waals surface area contributed by atoms with Crippen LogP contribution in [0.3, 0.4) is 0 Å². The average molecular weight is 585 g/mol. The molecule has 220 valence electrons. The van der Waals surface area contributed by atoms with Crippen molar-refractivity contribution in [2.45, 2.75) is 47.0 Å². The van der Waals surface area contributed by atoms with Gasteiger partial charge in [0.1, 0.15) is 22.7 Å². The second-order valence-corrected chi connectivity index (χ2v) is 13.0. The van der Waals surface area contributed by atoms with E-state index in [0.717, 1.165) is 44.6 Å². The highest BCUT2D eigenvalue weighted by atomic mass is 16.5. The van der Waals surface area contributed by atoms with Crippen molar-refractivity contribution in [2.24, 2.45) is 0 Å². The first-order chi connectivity index (χ1) is 21.8. The van der Waals surface area contributed by atoms with E-state index in [1.165, 1.54) is 55.6 Å². The Morgan fingerprint density at radius 2 is 1.07 bits per heavy atom. The molecule has 0 spiro atoms. The van der Waals surface area contributed by atoms with Crippen LogP contribution in [0.2, 0.25) is 0 Å². The molecular weight excluding hydrogens is 548 g/mol. The van der Waals surface area contributed by atoms with Gasteiger partial charge in [0.25, 0.3) is 0 Å². The lowest BCUT2D eigenvalue weighted by molar-refractivity contribution is 0.419. The van der Waals surface area contributed by atoms with E-state index in [1.807, 2.05) is 6.07 Å². The van der Waals surface area contributed by atoms with Crippen molar-refractivity contribution in [1.29, 1.82) is 0 Å². The Kier molecular flexibility index (Phi) is 6.09. The van der Waals surface area contributed by atoms with Crippen LogP contribution in [0.25, 0.3) is 55.3 Å². The molecule has 2 heterocycles. The summed E-state index contributed by atoms with van der Waals surface area (Å²) in [6.45, 7) is 13.5. The minimum absolute atomic E-state index is 0.167. The first-order valence-electron chi connectivity index (χ1n) is 15.8. The highest BCUT2D eigenvalue weighted by molar-refractivity contribution is 6.10. The van der Waals surface area contributed by atoms with Gasteiger partial charge in [0.15, 0.2) is 0 Å². The maximum absolute atomic E-state index is 6.73. The summed E-state index contributed by atoms with van der Waals surface area (Å²) in [5, 5.41) is 2.30. The van der Waals surface area contributed by atoms with Crippen molar-refractivity contribution in [3.63, 3.8) is 0 Å². The zero-order valence-corrected chi connectivity index (χ0v) is 26.7. The van der Waals surface area contributed by atoms with Crippen LogP contribution in [0.1, 0.15) is 47.2 Å². The van der Waals surface area contributed by atoms with Crippen molar-refractivity contribution < 1.29 is 9.15 Å². The fourth-order valence-corrected chi connectivity index (χ4v) is 7.71. The van der Waals surface area contributed by atoms with Gasteiger partial charge in [0.2, 0.25) is 0 Å². The van der Waals surface area contributed by atoms with Gasteiger partial charge in [-0.3, -0.25) is 0 Å². The molecule has 1 aliphatic rings. The highest BCUT2D eigenvalue weighted by Gasteiger charge is 2.35. The Morgan fingerprint density at radius 3 is 1.82 bits per heavy atom. The van der Waals surface area contributed by atoms with E-state index in [1.54, 1.807) is 0 Å². The van der Waals surface area contributed by atoms with Crippen LogP contribution in [-0.4, -0.2) is 0 Å². The van der Waals surface area contributed by atoms with Crippen LogP contribution in [0.4, 0.5) is 0 Å². The quantitative estimate of drug-likeness (QED) is 0.206. The predicted octanol–water partition coefficient (Wildman–Crippen LogP) is 12.3. The maximum atomic E-state index is 6.73. The average Bonchev–Trinajstić information content (AvgIpc) is 3.42. The second-order valence-electron chi connectivity index (χ2n) is 13.0. The minimum Gasteiger partial charge on any atom is -0.456 e. The van der Waals surface area contributed by atoms with Gasteiger partial charge in [-0.05, 0) is 84.3 Å². The summed E-state index contributed by atoms with van der Waals surface area (Å²) >= 11 is 0. The van der Waals surface area contributed by atoms with Crippen LogP contribution >= 0.6 is 0 Å². The van der Waals surface area contributed by atoms with E-state index < -0.39 is 0 Å². The molecule has 0 bridgehead atoms. The monoisotopic (exact) mass is 584 g/mol. The fraction of sp³-hybridized carbons (Fsp3) is 0.163. The summed E-state index contributed by atoms with van der Waals surface area (Å²) in [6.07, 6.45) is 0. The lowest BCUT2D eigenvalue weighted by atomic mass is 9.74. The standard InChI is InChI=1S/C43H36O2/c1-25-21-23-29(27(3)39(25)33-15-11-14-32-31-13-7-9-19-37(31)44-41(32)33)30-24-22-26(2)40(28(30)4)34-16-12-18-36-42(34)45-38-20-10-8-17-35(38)43(36,5)6/h7-24H,1-6H3. The van der Waals surface area contributed by atoms with E-state index in [9.17, 15) is 0 Å². The van der Waals surface area contributed by atoms with Crippen LogP contribution in [0, 0.1) is 27.7 Å². The van der Waals surface area contributed by atoms with Gasteiger partial charge >= 0.3 is 0 Å². The maximum Gasteiger partial charge on any atom is 0.143 e. The molecule has 0 aliphatic carbocycles. The number of aryl methyl sites for hydroxylation is 2. The summed E-state index contributed by atoms with van der Waals surface area (Å²) < 4.78 is 13.2. The molecule has 0 fully saturated rings. The van der Waals surface area contributed by atoms with E-state index >= 15 is 0 Å². The lowest BCUT2D eigenvalue weighted by Crippen LogP contribution is -2.24. The molecule has 0 amide bonds. The smallest absolute Gasteiger partial charge is 0.143 e. The predicted molar refractivity (Wildman–Crippen MR) is 188 cm³/mol. The highest BCUT2D eigenvalue weighted by Crippen LogP contribution is 2.52. The van der Waals surface area contributed by atoms with Crippen LogP contribution in [0.15, 0.2) is 114 Å². The molecule has 0 radical (unpaired) electrons. The lowest BCUT2D eigenvalue weighted by Gasteiger charge is -2.35. The third-order valence-corrected chi connectivity index (χ3v) is 10.0. The zero-order valence-electron chi connectivity index (χ0n) is 26.7. The molecule has 0 atom stereocenters. The van der Waals surface area contributed by atoms with Crippen molar-refractivity contribution >= 4 is 21.9 Å². The topological polar surface area (TPSA) is 22.4 Å². The molecular formula is C43H36O2. The molecule has 1 aromatic heterocycles. The van der Waals surface area contributed by atoms with Gasteiger partial charge in [-0.15, -0.1) is 0 Å². The SMILES string of the molecule is Cc1ccc(-c2ccc(C)c(-c3cccc4c3oc3ccccc34)c2C)c(C)c1-c1cccc2c1Oc1ccccc1C2(C)C. The molecule has 45 heavy (non-hydrogen) atoms. The number of fused-ring (bicyclic) bond motifs is 5. The summed E-state index contributed by atoms with van der Waals surface area (Å²) in [7, 11) is 0. The molecule has 6 aromatic carbocycles. The minimum atomic E-state index is -0.167. The normalized spacial score (nSPS) is 13.5. The van der Waals surface area contributed by atoms with Gasteiger partial charge in [-0.25, -0.2) is 0 Å². The van der Waals surface area contributed by atoms with Crippen molar-refractivity contribution in [1.82, 2.24) is 0 Å². The van der Waals surface area contributed by atoms with Gasteiger partial charge < -0.3 is 9.15 Å². The fourth-order valence-electron chi connectivity index (χ4n) is 7.71. The summed E-state index contributed by atoms with van der Waals surface area (Å²) in [5.74, 6) is 1.90. The van der Waals surface area contributed by atoms with Crippen LogP contribution in [0.5, 0.6) is 11.5 Å². The second kappa shape index (κ2) is 9.97. The third kappa shape index (κ3) is 4.02. The van der Waals surface area contributed by atoms with Gasteiger partial charge in [0.05, 0.1) is 0 Å². The van der Waals surface area contributed by atoms with Gasteiger partial charge in [-0.1, -0.05) is 111 Å². The van der Waals surface area contributed by atoms with Crippen molar-refractivity contribution in [2.75, 3.05) is 0 Å². The third-order valence-electron chi connectivity index (χ3n) is 10.0. The molecule has 2 heteroatoms. The molecule has 0 saturated heterocycles. The summed E-state index contributed by atoms with van der Waals surface area (Å²) in [5.41, 5.74) is 16.3. The number of hydrogen-bond donors (Lipinski definition) is 0. The first kappa shape index (κ1) is 27.5. The largest absolute Gasteiger partial charge is 0.456 e. The molecule has 0 N–H and O–H groups in total. The number of furan rings is 1. The first-order valence-corrected chi connectivity index (χ1v) is 15.8.